The van der Waals surface area contributed by atoms with Gasteiger partial charge in [0, 0.05) is 11.3 Å². The Kier molecular flexibility index (Phi) is 3.65. The molecule has 82 valence electrons. The van der Waals surface area contributed by atoms with Crippen molar-refractivity contribution >= 4 is 11.8 Å². The lowest BCUT2D eigenvalue weighted by Gasteiger charge is -2.22. The van der Waals surface area contributed by atoms with Gasteiger partial charge in [-0.25, -0.2) is 4.39 Å². The van der Waals surface area contributed by atoms with E-state index in [0.717, 1.165) is 0 Å². The summed E-state index contributed by atoms with van der Waals surface area (Å²) < 4.78 is 12.8. The fourth-order valence-corrected chi connectivity index (χ4v) is 3.56. The predicted octanol–water partition coefficient (Wildman–Crippen LogP) is 2.98. The Labute approximate surface area is 94.5 Å². The number of hydrogen-bond acceptors (Lipinski definition) is 2. The van der Waals surface area contributed by atoms with Crippen molar-refractivity contribution in [3.05, 3.63) is 35.6 Å². The first kappa shape index (κ1) is 11.0. The molecule has 2 unspecified atom stereocenters. The molecule has 1 fully saturated rings. The number of benzene rings is 1. The van der Waals surface area contributed by atoms with E-state index < -0.39 is 0 Å². The fraction of sp³-hybridized carbons (Fsp3) is 0.500. The highest BCUT2D eigenvalue weighted by Gasteiger charge is 2.25. The van der Waals surface area contributed by atoms with E-state index in [4.69, 9.17) is 0 Å². The van der Waals surface area contributed by atoms with Gasteiger partial charge in [-0.3, -0.25) is 0 Å². The lowest BCUT2D eigenvalue weighted by molar-refractivity contribution is 0.549. The van der Waals surface area contributed by atoms with Crippen molar-refractivity contribution in [2.45, 2.75) is 24.1 Å². The highest BCUT2D eigenvalue weighted by Crippen LogP contribution is 2.35. The summed E-state index contributed by atoms with van der Waals surface area (Å²) in [5.41, 5.74) is 1.19. The van der Waals surface area contributed by atoms with Gasteiger partial charge in [-0.2, -0.15) is 11.8 Å². The molecule has 1 nitrogen and oxygen atoms in total. The smallest absolute Gasteiger partial charge is 0.123 e. The summed E-state index contributed by atoms with van der Waals surface area (Å²) in [6.07, 6.45) is 2.56. The summed E-state index contributed by atoms with van der Waals surface area (Å²) in [6.45, 7) is 0. The Morgan fingerprint density at radius 2 is 2.13 bits per heavy atom. The number of thioether (sulfide) groups is 1. The largest absolute Gasteiger partial charge is 0.312 e. The molecule has 1 aliphatic rings. The second-order valence-corrected chi connectivity index (χ2v) is 5.22. The Morgan fingerprint density at radius 3 is 2.67 bits per heavy atom. The van der Waals surface area contributed by atoms with Crippen molar-refractivity contribution in [2.24, 2.45) is 0 Å². The Bertz CT molecular complexity index is 306. The predicted molar refractivity (Wildman–Crippen MR) is 63.7 cm³/mol. The summed E-state index contributed by atoms with van der Waals surface area (Å²) >= 11 is 2.02. The van der Waals surface area contributed by atoms with Crippen LogP contribution in [0.1, 0.15) is 24.4 Å². The van der Waals surface area contributed by atoms with Crippen molar-refractivity contribution in [1.82, 2.24) is 5.32 Å². The van der Waals surface area contributed by atoms with Crippen LogP contribution in [0, 0.1) is 5.82 Å². The summed E-state index contributed by atoms with van der Waals surface area (Å²) in [5, 5.41) is 3.98. The Balaban J connectivity index is 2.14. The molecule has 0 spiro atoms. The third-order valence-electron chi connectivity index (χ3n) is 2.88. The quantitative estimate of drug-likeness (QED) is 0.848. The summed E-state index contributed by atoms with van der Waals surface area (Å²) in [5.74, 6) is 1.09. The van der Waals surface area contributed by atoms with Crippen LogP contribution < -0.4 is 5.32 Å². The van der Waals surface area contributed by atoms with Gasteiger partial charge in [0.05, 0.1) is 0 Å². The van der Waals surface area contributed by atoms with Crippen molar-refractivity contribution in [3.8, 4) is 0 Å². The normalized spacial score (nSPS) is 22.9. The second-order valence-electron chi connectivity index (χ2n) is 3.87. The van der Waals surface area contributed by atoms with Gasteiger partial charge >= 0.3 is 0 Å². The Hall–Kier alpha value is -0.540. The maximum atomic E-state index is 12.8. The molecule has 2 atom stereocenters. The van der Waals surface area contributed by atoms with Crippen molar-refractivity contribution in [3.63, 3.8) is 0 Å². The fourth-order valence-electron chi connectivity index (χ4n) is 2.10. The first-order valence-corrected chi connectivity index (χ1v) is 6.40. The SMILES string of the molecule is CNC(c1ccc(F)cc1)C1CCCS1. The molecule has 1 aromatic carbocycles. The van der Waals surface area contributed by atoms with Crippen molar-refractivity contribution in [1.29, 1.82) is 0 Å². The molecule has 0 aliphatic carbocycles. The van der Waals surface area contributed by atoms with Crippen LogP contribution in [0.3, 0.4) is 0 Å². The van der Waals surface area contributed by atoms with Crippen LogP contribution in [0.2, 0.25) is 0 Å². The van der Waals surface area contributed by atoms with E-state index in [0.29, 0.717) is 11.3 Å². The van der Waals surface area contributed by atoms with E-state index >= 15 is 0 Å². The van der Waals surface area contributed by atoms with Crippen molar-refractivity contribution in [2.75, 3.05) is 12.8 Å². The number of halogens is 1. The molecule has 1 heterocycles. The molecule has 1 aliphatic heterocycles. The van der Waals surface area contributed by atoms with Gasteiger partial charge in [0.1, 0.15) is 5.82 Å². The van der Waals surface area contributed by atoms with Gasteiger partial charge in [0.15, 0.2) is 0 Å². The standard InChI is InChI=1S/C12H16FNS/c1-14-12(11-3-2-8-15-11)9-4-6-10(13)7-5-9/h4-7,11-12,14H,2-3,8H2,1H3. The lowest BCUT2D eigenvalue weighted by Crippen LogP contribution is -2.25. The van der Waals surface area contributed by atoms with Gasteiger partial charge in [-0.15, -0.1) is 0 Å². The van der Waals surface area contributed by atoms with Crippen LogP contribution in [-0.4, -0.2) is 18.1 Å². The molecule has 3 heteroatoms. The molecular formula is C12H16FNS. The highest BCUT2D eigenvalue weighted by atomic mass is 32.2. The molecule has 1 saturated heterocycles. The van der Waals surface area contributed by atoms with Crippen LogP contribution in [0.25, 0.3) is 0 Å². The lowest BCUT2D eigenvalue weighted by atomic mass is 10.0. The van der Waals surface area contributed by atoms with Crippen LogP contribution in [0.5, 0.6) is 0 Å². The second kappa shape index (κ2) is 4.99. The van der Waals surface area contributed by atoms with Crippen LogP contribution >= 0.6 is 11.8 Å². The minimum atomic E-state index is -0.160. The Morgan fingerprint density at radius 1 is 1.40 bits per heavy atom. The van der Waals surface area contributed by atoms with Gasteiger partial charge in [0.2, 0.25) is 0 Å². The average Bonchev–Trinajstić information content (AvgIpc) is 2.75. The number of nitrogens with one attached hydrogen (secondary N) is 1. The molecule has 0 bridgehead atoms. The summed E-state index contributed by atoms with van der Waals surface area (Å²) in [6, 6.07) is 7.21. The summed E-state index contributed by atoms with van der Waals surface area (Å²) in [4.78, 5) is 0. The monoisotopic (exact) mass is 225 g/mol. The van der Waals surface area contributed by atoms with Gasteiger partial charge < -0.3 is 5.32 Å². The average molecular weight is 225 g/mol. The maximum Gasteiger partial charge on any atom is 0.123 e. The van der Waals surface area contributed by atoms with Crippen LogP contribution in [0.4, 0.5) is 4.39 Å². The van der Waals surface area contributed by atoms with Crippen LogP contribution in [0.15, 0.2) is 24.3 Å². The molecule has 1 aromatic rings. The van der Waals surface area contributed by atoms with Gasteiger partial charge in [-0.05, 0) is 43.3 Å². The maximum absolute atomic E-state index is 12.8. The van der Waals surface area contributed by atoms with Gasteiger partial charge in [0.25, 0.3) is 0 Å². The van der Waals surface area contributed by atoms with E-state index in [1.165, 1.54) is 24.2 Å². The molecule has 0 saturated carbocycles. The van der Waals surface area contributed by atoms with E-state index in [1.54, 1.807) is 12.1 Å². The van der Waals surface area contributed by atoms with Crippen molar-refractivity contribution < 1.29 is 4.39 Å². The van der Waals surface area contributed by atoms with E-state index in [1.807, 2.05) is 30.9 Å². The summed E-state index contributed by atoms with van der Waals surface area (Å²) in [7, 11) is 1.98. The van der Waals surface area contributed by atoms with E-state index in [2.05, 4.69) is 5.32 Å². The van der Waals surface area contributed by atoms with Gasteiger partial charge in [-0.1, -0.05) is 12.1 Å². The molecule has 15 heavy (non-hydrogen) atoms. The molecule has 0 radical (unpaired) electrons. The zero-order chi connectivity index (χ0) is 10.7. The molecule has 0 aromatic heterocycles. The minimum absolute atomic E-state index is 0.160. The molecule has 1 N–H and O–H groups in total. The highest BCUT2D eigenvalue weighted by molar-refractivity contribution is 8.00. The zero-order valence-corrected chi connectivity index (χ0v) is 9.69. The third-order valence-corrected chi connectivity index (χ3v) is 4.34. The minimum Gasteiger partial charge on any atom is -0.312 e. The van der Waals surface area contributed by atoms with E-state index in [9.17, 15) is 4.39 Å². The molecular weight excluding hydrogens is 209 g/mol. The third kappa shape index (κ3) is 2.52. The molecule has 2 rings (SSSR count). The molecule has 0 amide bonds. The van der Waals surface area contributed by atoms with E-state index in [-0.39, 0.29) is 5.82 Å². The first-order valence-electron chi connectivity index (χ1n) is 5.35. The topological polar surface area (TPSA) is 12.0 Å². The number of rotatable bonds is 3. The van der Waals surface area contributed by atoms with Crippen LogP contribution in [-0.2, 0) is 0 Å². The number of hydrogen-bond donors (Lipinski definition) is 1. The first-order chi connectivity index (χ1) is 7.31. The zero-order valence-electron chi connectivity index (χ0n) is 8.87.